The van der Waals surface area contributed by atoms with E-state index in [1.807, 2.05) is 38.1 Å². The predicted molar refractivity (Wildman–Crippen MR) is 107 cm³/mol. The van der Waals surface area contributed by atoms with Crippen molar-refractivity contribution in [3.63, 3.8) is 0 Å². The molecule has 1 fully saturated rings. The third-order valence-corrected chi connectivity index (χ3v) is 5.07. The molecule has 6 heteroatoms. The Hall–Kier alpha value is -2.34. The van der Waals surface area contributed by atoms with Crippen LogP contribution in [-0.4, -0.2) is 46.8 Å². The number of nitrogens with one attached hydrogen (secondary N) is 1. The Morgan fingerprint density at radius 1 is 1.26 bits per heavy atom. The van der Waals surface area contributed by atoms with Gasteiger partial charge >= 0.3 is 0 Å². The summed E-state index contributed by atoms with van der Waals surface area (Å²) in [7, 11) is 0. The number of anilines is 1. The number of piperidine rings is 1. The second-order valence-corrected chi connectivity index (χ2v) is 7.31. The van der Waals surface area contributed by atoms with E-state index in [9.17, 15) is 4.79 Å². The third kappa shape index (κ3) is 5.32. The Morgan fingerprint density at radius 3 is 2.67 bits per heavy atom. The number of ether oxygens (including phenoxy) is 1. The standard InChI is InChI=1S/C21H30N4O2/c1-4-27-20-8-6-5-7-19(20)22-21(26)15-24-11-9-18(10-12-24)14-25-17(3)13-16(2)23-25/h5-8,13,18H,4,9-12,14-15H2,1-3H3,(H,22,26). The molecule has 146 valence electrons. The molecule has 0 bridgehead atoms. The van der Waals surface area contributed by atoms with Crippen molar-refractivity contribution in [1.82, 2.24) is 14.7 Å². The van der Waals surface area contributed by atoms with Gasteiger partial charge in [-0.1, -0.05) is 12.1 Å². The number of carbonyl (C=O) groups excluding carboxylic acids is 1. The van der Waals surface area contributed by atoms with E-state index in [0.717, 1.165) is 49.6 Å². The highest BCUT2D eigenvalue weighted by Crippen LogP contribution is 2.24. The molecule has 1 aromatic heterocycles. The average molecular weight is 370 g/mol. The lowest BCUT2D eigenvalue weighted by atomic mass is 9.97. The topological polar surface area (TPSA) is 59.4 Å². The monoisotopic (exact) mass is 370 g/mol. The minimum Gasteiger partial charge on any atom is -0.492 e. The van der Waals surface area contributed by atoms with Crippen molar-refractivity contribution in [2.75, 3.05) is 31.6 Å². The molecular weight excluding hydrogens is 340 g/mol. The minimum absolute atomic E-state index is 0.0131. The molecular formula is C21H30N4O2. The zero-order chi connectivity index (χ0) is 19.2. The molecule has 2 heterocycles. The summed E-state index contributed by atoms with van der Waals surface area (Å²) < 4.78 is 7.69. The Balaban J connectivity index is 1.46. The first-order valence-corrected chi connectivity index (χ1v) is 9.80. The summed E-state index contributed by atoms with van der Waals surface area (Å²) in [6, 6.07) is 9.70. The fourth-order valence-electron chi connectivity index (χ4n) is 3.68. The molecule has 0 radical (unpaired) electrons. The van der Waals surface area contributed by atoms with Gasteiger partial charge in [-0.15, -0.1) is 0 Å². The summed E-state index contributed by atoms with van der Waals surface area (Å²) in [5.41, 5.74) is 3.04. The number of rotatable bonds is 7. The number of nitrogens with zero attached hydrogens (tertiary/aromatic N) is 3. The average Bonchev–Trinajstić information content (AvgIpc) is 2.95. The van der Waals surface area contributed by atoms with Gasteiger partial charge in [0.15, 0.2) is 0 Å². The van der Waals surface area contributed by atoms with Gasteiger partial charge in [-0.3, -0.25) is 14.4 Å². The van der Waals surface area contributed by atoms with Crippen LogP contribution in [0.25, 0.3) is 0 Å². The number of aromatic nitrogens is 2. The van der Waals surface area contributed by atoms with Crippen LogP contribution < -0.4 is 10.1 Å². The van der Waals surface area contributed by atoms with Crippen LogP contribution in [0.4, 0.5) is 5.69 Å². The van der Waals surface area contributed by atoms with Gasteiger partial charge in [-0.2, -0.15) is 5.10 Å². The number of para-hydroxylation sites is 2. The van der Waals surface area contributed by atoms with Crippen molar-refractivity contribution in [2.24, 2.45) is 5.92 Å². The second-order valence-electron chi connectivity index (χ2n) is 7.31. The molecule has 2 aromatic rings. The minimum atomic E-state index is 0.0131. The summed E-state index contributed by atoms with van der Waals surface area (Å²) in [5, 5.41) is 7.55. The lowest BCUT2D eigenvalue weighted by Gasteiger charge is -2.31. The molecule has 27 heavy (non-hydrogen) atoms. The Bertz CT molecular complexity index is 763. The molecule has 0 aliphatic carbocycles. The van der Waals surface area contributed by atoms with Crippen LogP contribution in [-0.2, 0) is 11.3 Å². The zero-order valence-corrected chi connectivity index (χ0v) is 16.6. The van der Waals surface area contributed by atoms with Crippen molar-refractivity contribution in [3.05, 3.63) is 41.7 Å². The highest BCUT2D eigenvalue weighted by molar-refractivity contribution is 5.93. The first-order chi connectivity index (χ1) is 13.0. The quantitative estimate of drug-likeness (QED) is 0.813. The Morgan fingerprint density at radius 2 is 2.00 bits per heavy atom. The SMILES string of the molecule is CCOc1ccccc1NC(=O)CN1CCC(Cn2nc(C)cc2C)CC1. The van der Waals surface area contributed by atoms with Crippen LogP contribution in [0.15, 0.2) is 30.3 Å². The molecule has 0 atom stereocenters. The molecule has 1 N–H and O–H groups in total. The van der Waals surface area contributed by atoms with Crippen LogP contribution in [0.2, 0.25) is 0 Å². The predicted octanol–water partition coefficient (Wildman–Crippen LogP) is 3.25. The molecule has 1 amide bonds. The Labute approximate surface area is 161 Å². The fourth-order valence-corrected chi connectivity index (χ4v) is 3.68. The molecule has 0 unspecified atom stereocenters. The second kappa shape index (κ2) is 9.04. The van der Waals surface area contributed by atoms with E-state index in [-0.39, 0.29) is 5.91 Å². The highest BCUT2D eigenvalue weighted by Gasteiger charge is 2.22. The van der Waals surface area contributed by atoms with Gasteiger partial charge in [-0.25, -0.2) is 0 Å². The van der Waals surface area contributed by atoms with E-state index in [1.165, 1.54) is 5.69 Å². The maximum absolute atomic E-state index is 12.4. The largest absolute Gasteiger partial charge is 0.492 e. The lowest BCUT2D eigenvalue weighted by molar-refractivity contribution is -0.117. The molecule has 1 aliphatic heterocycles. The Kier molecular flexibility index (Phi) is 6.50. The van der Waals surface area contributed by atoms with Gasteiger partial charge in [0.2, 0.25) is 5.91 Å². The number of hydrogen-bond donors (Lipinski definition) is 1. The van der Waals surface area contributed by atoms with Crippen molar-refractivity contribution >= 4 is 11.6 Å². The number of benzene rings is 1. The first kappa shape index (κ1) is 19.4. The summed E-state index contributed by atoms with van der Waals surface area (Å²) in [6.45, 7) is 9.96. The first-order valence-electron chi connectivity index (χ1n) is 9.80. The summed E-state index contributed by atoms with van der Waals surface area (Å²) in [6.07, 6.45) is 2.20. The van der Waals surface area contributed by atoms with Gasteiger partial charge in [0.1, 0.15) is 5.75 Å². The summed E-state index contributed by atoms with van der Waals surface area (Å²) >= 11 is 0. The normalized spacial score (nSPS) is 15.7. The fraction of sp³-hybridized carbons (Fsp3) is 0.524. The van der Waals surface area contributed by atoms with Crippen LogP contribution in [0, 0.1) is 19.8 Å². The number of aryl methyl sites for hydroxylation is 2. The van der Waals surface area contributed by atoms with Crippen LogP contribution >= 0.6 is 0 Å². The number of carbonyl (C=O) groups is 1. The summed E-state index contributed by atoms with van der Waals surface area (Å²) in [5.74, 6) is 1.36. The molecule has 0 saturated carbocycles. The van der Waals surface area contributed by atoms with Crippen molar-refractivity contribution in [2.45, 2.75) is 40.2 Å². The molecule has 0 spiro atoms. The van der Waals surface area contributed by atoms with Crippen molar-refractivity contribution in [1.29, 1.82) is 0 Å². The van der Waals surface area contributed by atoms with E-state index in [0.29, 0.717) is 19.1 Å². The van der Waals surface area contributed by atoms with Crippen LogP contribution in [0.5, 0.6) is 5.75 Å². The lowest BCUT2D eigenvalue weighted by Crippen LogP contribution is -2.40. The molecule has 1 aliphatic rings. The van der Waals surface area contributed by atoms with Crippen molar-refractivity contribution in [3.8, 4) is 5.75 Å². The third-order valence-electron chi connectivity index (χ3n) is 5.07. The number of likely N-dealkylation sites (tertiary alicyclic amines) is 1. The van der Waals surface area contributed by atoms with Crippen LogP contribution in [0.1, 0.15) is 31.2 Å². The van der Waals surface area contributed by atoms with Crippen molar-refractivity contribution < 1.29 is 9.53 Å². The maximum atomic E-state index is 12.4. The van der Waals surface area contributed by atoms with E-state index in [4.69, 9.17) is 4.74 Å². The van der Waals surface area contributed by atoms with Crippen LogP contribution in [0.3, 0.4) is 0 Å². The molecule has 6 nitrogen and oxygen atoms in total. The number of amides is 1. The molecule has 1 saturated heterocycles. The van der Waals surface area contributed by atoms with Gasteiger partial charge in [0, 0.05) is 12.2 Å². The maximum Gasteiger partial charge on any atom is 0.238 e. The van der Waals surface area contributed by atoms with Gasteiger partial charge in [-0.05, 0) is 70.8 Å². The van der Waals surface area contributed by atoms with Gasteiger partial charge < -0.3 is 10.1 Å². The molecule has 3 rings (SSSR count). The van der Waals surface area contributed by atoms with Gasteiger partial charge in [0.25, 0.3) is 0 Å². The van der Waals surface area contributed by atoms with E-state index < -0.39 is 0 Å². The van der Waals surface area contributed by atoms with E-state index in [1.54, 1.807) is 0 Å². The smallest absolute Gasteiger partial charge is 0.238 e. The number of hydrogen-bond acceptors (Lipinski definition) is 4. The summed E-state index contributed by atoms with van der Waals surface area (Å²) in [4.78, 5) is 14.7. The molecule has 1 aromatic carbocycles. The zero-order valence-electron chi connectivity index (χ0n) is 16.6. The van der Waals surface area contributed by atoms with E-state index >= 15 is 0 Å². The van der Waals surface area contributed by atoms with E-state index in [2.05, 4.69) is 33.0 Å². The highest BCUT2D eigenvalue weighted by atomic mass is 16.5. The van der Waals surface area contributed by atoms with Gasteiger partial charge in [0.05, 0.1) is 24.5 Å².